The number of aryl methyl sites for hydroxylation is 2. The predicted octanol–water partition coefficient (Wildman–Crippen LogP) is 4.91. The number of hydrogen-bond acceptors (Lipinski definition) is 4. The van der Waals surface area contributed by atoms with Crippen LogP contribution in [0, 0.1) is 19.8 Å². The zero-order valence-electron chi connectivity index (χ0n) is 16.7. The van der Waals surface area contributed by atoms with Crippen LogP contribution in [0.3, 0.4) is 0 Å². The summed E-state index contributed by atoms with van der Waals surface area (Å²) in [4.78, 5) is 14.3. The van der Waals surface area contributed by atoms with Gasteiger partial charge < -0.3 is 14.2 Å². The molecule has 1 fully saturated rings. The van der Waals surface area contributed by atoms with Crippen molar-refractivity contribution < 1.29 is 14.1 Å². The molecule has 1 heterocycles. The Morgan fingerprint density at radius 2 is 1.96 bits per heavy atom. The minimum absolute atomic E-state index is 0.0940. The van der Waals surface area contributed by atoms with Crippen molar-refractivity contribution in [1.82, 2.24) is 10.1 Å². The van der Waals surface area contributed by atoms with Gasteiger partial charge in [-0.15, -0.1) is 0 Å². The van der Waals surface area contributed by atoms with E-state index in [1.165, 1.54) is 32.1 Å². The lowest BCUT2D eigenvalue weighted by Crippen LogP contribution is -2.28. The van der Waals surface area contributed by atoms with Gasteiger partial charge in [-0.2, -0.15) is 0 Å². The molecule has 1 aromatic carbocycles. The van der Waals surface area contributed by atoms with Crippen LogP contribution < -0.4 is 4.74 Å². The summed E-state index contributed by atoms with van der Waals surface area (Å²) < 4.78 is 11.2. The zero-order valence-corrected chi connectivity index (χ0v) is 16.7. The van der Waals surface area contributed by atoms with E-state index in [4.69, 9.17) is 9.26 Å². The second-order valence-electron chi connectivity index (χ2n) is 7.71. The summed E-state index contributed by atoms with van der Waals surface area (Å²) in [5.74, 6) is 2.17. The summed E-state index contributed by atoms with van der Waals surface area (Å²) in [6.07, 6.45) is 7.70. The number of para-hydroxylation sites is 1. The Morgan fingerprint density at radius 3 is 2.67 bits per heavy atom. The maximum Gasteiger partial charge on any atom is 0.275 e. The summed E-state index contributed by atoms with van der Waals surface area (Å²) in [5, 5.41) is 3.93. The summed E-state index contributed by atoms with van der Waals surface area (Å²) in [5.41, 5.74) is 2.50. The van der Waals surface area contributed by atoms with Crippen molar-refractivity contribution in [2.75, 3.05) is 13.6 Å². The molecule has 1 amide bonds. The molecule has 0 N–H and O–H groups in total. The third kappa shape index (κ3) is 5.12. The van der Waals surface area contributed by atoms with Gasteiger partial charge in [-0.3, -0.25) is 4.79 Å². The van der Waals surface area contributed by atoms with Crippen molar-refractivity contribution in [2.24, 2.45) is 5.92 Å². The van der Waals surface area contributed by atoms with Crippen LogP contribution in [0.1, 0.15) is 65.9 Å². The van der Waals surface area contributed by atoms with Gasteiger partial charge in [0.05, 0.1) is 0 Å². The Balaban J connectivity index is 1.49. The van der Waals surface area contributed by atoms with Crippen molar-refractivity contribution in [3.05, 3.63) is 46.8 Å². The fourth-order valence-electron chi connectivity index (χ4n) is 3.87. The zero-order chi connectivity index (χ0) is 19.2. The van der Waals surface area contributed by atoms with Gasteiger partial charge in [-0.05, 0) is 43.7 Å². The summed E-state index contributed by atoms with van der Waals surface area (Å²) >= 11 is 0. The molecule has 0 aliphatic heterocycles. The van der Waals surface area contributed by atoms with Gasteiger partial charge in [-0.25, -0.2) is 0 Å². The Morgan fingerprint density at radius 1 is 1.26 bits per heavy atom. The number of aromatic nitrogens is 1. The number of carbonyl (C=O) groups excluding carboxylic acids is 1. The molecule has 0 unspecified atom stereocenters. The van der Waals surface area contributed by atoms with E-state index in [-0.39, 0.29) is 12.5 Å². The van der Waals surface area contributed by atoms with E-state index in [1.54, 1.807) is 11.0 Å². The van der Waals surface area contributed by atoms with Crippen molar-refractivity contribution in [1.29, 1.82) is 0 Å². The molecule has 27 heavy (non-hydrogen) atoms. The Hall–Kier alpha value is -2.30. The number of nitrogens with zero attached hydrogens (tertiary/aromatic N) is 2. The highest BCUT2D eigenvalue weighted by molar-refractivity contribution is 5.92. The van der Waals surface area contributed by atoms with Gasteiger partial charge in [0.15, 0.2) is 11.5 Å². The van der Waals surface area contributed by atoms with E-state index in [2.05, 4.69) is 5.16 Å². The fourth-order valence-corrected chi connectivity index (χ4v) is 3.87. The number of rotatable bonds is 8. The quantitative estimate of drug-likeness (QED) is 0.662. The Bertz CT molecular complexity index is 742. The fraction of sp³-hybridized carbons (Fsp3) is 0.545. The van der Waals surface area contributed by atoms with E-state index >= 15 is 0 Å². The van der Waals surface area contributed by atoms with Crippen molar-refractivity contribution in [3.63, 3.8) is 0 Å². The van der Waals surface area contributed by atoms with E-state index < -0.39 is 0 Å². The van der Waals surface area contributed by atoms with Crippen LogP contribution in [-0.4, -0.2) is 29.6 Å². The molecule has 1 aliphatic carbocycles. The molecule has 146 valence electrons. The van der Waals surface area contributed by atoms with Gasteiger partial charge >= 0.3 is 0 Å². The molecule has 1 saturated carbocycles. The number of benzene rings is 1. The average molecular weight is 370 g/mol. The molecule has 1 aromatic heterocycles. The summed E-state index contributed by atoms with van der Waals surface area (Å²) in [6, 6.07) is 7.71. The maximum atomic E-state index is 12.5. The maximum absolute atomic E-state index is 12.5. The first kappa shape index (κ1) is 19.5. The van der Waals surface area contributed by atoms with Crippen molar-refractivity contribution in [3.8, 4) is 5.75 Å². The molecular formula is C22H30N2O3. The standard InChI is InChI=1S/C22H30N2O3/c1-16-8-6-9-17(2)21(16)26-15-19-14-20(23-27-19)22(25)24(3)13-7-12-18-10-4-5-11-18/h6,8-9,14,18H,4-5,7,10-13,15H2,1-3H3. The minimum Gasteiger partial charge on any atom is -0.485 e. The van der Waals surface area contributed by atoms with Gasteiger partial charge in [0.25, 0.3) is 5.91 Å². The molecule has 0 spiro atoms. The smallest absolute Gasteiger partial charge is 0.275 e. The van der Waals surface area contributed by atoms with Gasteiger partial charge in [0.1, 0.15) is 12.4 Å². The molecule has 0 bridgehead atoms. The molecule has 2 aromatic rings. The highest BCUT2D eigenvalue weighted by Crippen LogP contribution is 2.28. The largest absolute Gasteiger partial charge is 0.485 e. The van der Waals surface area contributed by atoms with Crippen molar-refractivity contribution in [2.45, 2.75) is 59.0 Å². The second-order valence-corrected chi connectivity index (χ2v) is 7.71. The van der Waals surface area contributed by atoms with Crippen LogP contribution in [-0.2, 0) is 6.61 Å². The highest BCUT2D eigenvalue weighted by atomic mass is 16.5. The van der Waals surface area contributed by atoms with Crippen LogP contribution >= 0.6 is 0 Å². The molecular weight excluding hydrogens is 340 g/mol. The normalized spacial score (nSPS) is 14.5. The lowest BCUT2D eigenvalue weighted by molar-refractivity contribution is 0.0780. The molecule has 5 nitrogen and oxygen atoms in total. The average Bonchev–Trinajstić information content (AvgIpc) is 3.32. The molecule has 0 saturated heterocycles. The minimum atomic E-state index is -0.0940. The molecule has 0 radical (unpaired) electrons. The van der Waals surface area contributed by atoms with E-state index in [0.29, 0.717) is 11.5 Å². The molecule has 1 aliphatic rings. The number of carbonyl (C=O) groups is 1. The van der Waals surface area contributed by atoms with Crippen LogP contribution in [0.2, 0.25) is 0 Å². The predicted molar refractivity (Wildman–Crippen MR) is 105 cm³/mol. The molecule has 5 heteroatoms. The Labute approximate surface area is 161 Å². The van der Waals surface area contributed by atoms with Crippen LogP contribution in [0.4, 0.5) is 0 Å². The third-order valence-corrected chi connectivity index (χ3v) is 5.47. The third-order valence-electron chi connectivity index (χ3n) is 5.47. The number of hydrogen-bond donors (Lipinski definition) is 0. The van der Waals surface area contributed by atoms with Gasteiger partial charge in [0, 0.05) is 19.7 Å². The summed E-state index contributed by atoms with van der Waals surface area (Å²) in [7, 11) is 1.83. The lowest BCUT2D eigenvalue weighted by Gasteiger charge is -2.16. The SMILES string of the molecule is Cc1cccc(C)c1OCc1cc(C(=O)N(C)CCCC2CCCC2)no1. The molecule has 3 rings (SSSR count). The number of amides is 1. The Kier molecular flexibility index (Phi) is 6.54. The molecule has 0 atom stereocenters. The highest BCUT2D eigenvalue weighted by Gasteiger charge is 2.19. The number of ether oxygens (including phenoxy) is 1. The second kappa shape index (κ2) is 9.07. The van der Waals surface area contributed by atoms with Crippen LogP contribution in [0.5, 0.6) is 5.75 Å². The van der Waals surface area contributed by atoms with Crippen molar-refractivity contribution >= 4 is 5.91 Å². The first-order valence-corrected chi connectivity index (χ1v) is 9.94. The first-order chi connectivity index (χ1) is 13.0. The van der Waals surface area contributed by atoms with E-state index in [9.17, 15) is 4.79 Å². The van der Waals surface area contributed by atoms with E-state index in [1.807, 2.05) is 39.1 Å². The van der Waals surface area contributed by atoms with E-state index in [0.717, 1.165) is 35.8 Å². The van der Waals surface area contributed by atoms with Gasteiger partial charge in [0.2, 0.25) is 0 Å². The van der Waals surface area contributed by atoms with Crippen LogP contribution in [0.25, 0.3) is 0 Å². The first-order valence-electron chi connectivity index (χ1n) is 9.94. The lowest BCUT2D eigenvalue weighted by atomic mass is 10.0. The monoisotopic (exact) mass is 370 g/mol. The summed E-state index contributed by atoms with van der Waals surface area (Å²) in [6.45, 7) is 5.05. The van der Waals surface area contributed by atoms with Crippen LogP contribution in [0.15, 0.2) is 28.8 Å². The van der Waals surface area contributed by atoms with Gasteiger partial charge in [-0.1, -0.05) is 49.0 Å². The topological polar surface area (TPSA) is 55.6 Å².